The van der Waals surface area contributed by atoms with Gasteiger partial charge in [0.05, 0.1) is 0 Å². The molecule has 0 spiro atoms. The number of hydrogen-bond donors (Lipinski definition) is 0. The number of carbonyl (C=O) groups is 1. The standard InChI is InChI=1S/C29H38O/c1-3-5-7-11-21-27(25-17-13-9-14-18-25)23-29(30)24-28(22-12-8-6-4-2)26-19-15-10-16-20-26/h9-10,13-20,23-24H,3-8,11-12,21-22H2,1-2H3. The molecule has 0 unspecified atom stereocenters. The SMILES string of the molecule is CCCCCCC(=CC(=O)C=C(CCCCCC)c1ccccc1)c1ccccc1. The van der Waals surface area contributed by atoms with Crippen molar-refractivity contribution >= 4 is 16.9 Å². The van der Waals surface area contributed by atoms with E-state index in [1.54, 1.807) is 0 Å². The Balaban J connectivity index is 2.20. The van der Waals surface area contributed by atoms with Crippen molar-refractivity contribution < 1.29 is 4.79 Å². The second-order valence-corrected chi connectivity index (χ2v) is 8.09. The Morgan fingerprint density at radius 1 is 0.600 bits per heavy atom. The molecule has 0 aliphatic heterocycles. The molecule has 2 aromatic rings. The van der Waals surface area contributed by atoms with E-state index >= 15 is 0 Å². The third-order valence-electron chi connectivity index (χ3n) is 5.52. The van der Waals surface area contributed by atoms with E-state index < -0.39 is 0 Å². The van der Waals surface area contributed by atoms with E-state index in [1.165, 1.54) is 49.7 Å². The molecule has 0 heterocycles. The lowest BCUT2D eigenvalue weighted by Crippen LogP contribution is -1.96. The molecule has 1 nitrogen and oxygen atoms in total. The highest BCUT2D eigenvalue weighted by Crippen LogP contribution is 2.24. The fraction of sp³-hybridized carbons (Fsp3) is 0.414. The zero-order chi connectivity index (χ0) is 21.4. The van der Waals surface area contributed by atoms with Crippen LogP contribution >= 0.6 is 0 Å². The number of allylic oxidation sites excluding steroid dienone is 4. The van der Waals surface area contributed by atoms with Crippen molar-refractivity contribution in [3.63, 3.8) is 0 Å². The first kappa shape index (κ1) is 23.9. The fourth-order valence-corrected chi connectivity index (χ4v) is 3.77. The minimum atomic E-state index is 0.110. The lowest BCUT2D eigenvalue weighted by atomic mass is 9.95. The maximum absolute atomic E-state index is 13.0. The zero-order valence-corrected chi connectivity index (χ0v) is 18.9. The van der Waals surface area contributed by atoms with E-state index in [-0.39, 0.29) is 5.78 Å². The van der Waals surface area contributed by atoms with E-state index in [2.05, 4.69) is 62.4 Å². The normalized spacial score (nSPS) is 12.2. The molecule has 0 fully saturated rings. The largest absolute Gasteiger partial charge is 0.290 e. The van der Waals surface area contributed by atoms with Gasteiger partial charge in [-0.15, -0.1) is 0 Å². The van der Waals surface area contributed by atoms with Gasteiger partial charge < -0.3 is 0 Å². The van der Waals surface area contributed by atoms with Crippen LogP contribution in [0.25, 0.3) is 11.1 Å². The van der Waals surface area contributed by atoms with Gasteiger partial charge in [-0.2, -0.15) is 0 Å². The molecule has 0 amide bonds. The summed E-state index contributed by atoms with van der Waals surface area (Å²) < 4.78 is 0. The van der Waals surface area contributed by atoms with Crippen LogP contribution in [0.15, 0.2) is 72.8 Å². The molecule has 2 rings (SSSR count). The van der Waals surface area contributed by atoms with Crippen molar-refractivity contribution in [3.05, 3.63) is 83.9 Å². The van der Waals surface area contributed by atoms with Crippen molar-refractivity contribution in [1.82, 2.24) is 0 Å². The molecule has 30 heavy (non-hydrogen) atoms. The summed E-state index contributed by atoms with van der Waals surface area (Å²) in [7, 11) is 0. The summed E-state index contributed by atoms with van der Waals surface area (Å²) in [6.07, 6.45) is 15.3. The molecule has 160 valence electrons. The van der Waals surface area contributed by atoms with Gasteiger partial charge in [0.25, 0.3) is 0 Å². The van der Waals surface area contributed by atoms with Gasteiger partial charge in [0.2, 0.25) is 0 Å². The maximum atomic E-state index is 13.0. The summed E-state index contributed by atoms with van der Waals surface area (Å²) in [4.78, 5) is 13.0. The molecule has 1 heteroatoms. The van der Waals surface area contributed by atoms with Crippen molar-refractivity contribution in [2.75, 3.05) is 0 Å². The second-order valence-electron chi connectivity index (χ2n) is 8.09. The third kappa shape index (κ3) is 8.95. The molecule has 0 atom stereocenters. The Labute approximate surface area is 183 Å². The molecule has 0 radical (unpaired) electrons. The zero-order valence-electron chi connectivity index (χ0n) is 18.9. The summed E-state index contributed by atoms with van der Waals surface area (Å²) in [5.74, 6) is 0.110. The van der Waals surface area contributed by atoms with E-state index in [0.29, 0.717) is 0 Å². The summed E-state index contributed by atoms with van der Waals surface area (Å²) >= 11 is 0. The van der Waals surface area contributed by atoms with E-state index in [4.69, 9.17) is 0 Å². The lowest BCUT2D eigenvalue weighted by molar-refractivity contribution is -0.110. The molecule has 0 N–H and O–H groups in total. The Morgan fingerprint density at radius 2 is 1.00 bits per heavy atom. The molecule has 0 saturated heterocycles. The first-order valence-corrected chi connectivity index (χ1v) is 11.8. The summed E-state index contributed by atoms with van der Waals surface area (Å²) in [6.45, 7) is 4.46. The van der Waals surface area contributed by atoms with Gasteiger partial charge in [-0.25, -0.2) is 0 Å². The second kappa shape index (κ2) is 14.6. The Hall–Kier alpha value is -2.41. The molecular formula is C29H38O. The predicted octanol–water partition coefficient (Wildman–Crippen LogP) is 8.66. The van der Waals surface area contributed by atoms with Gasteiger partial charge in [0.15, 0.2) is 5.78 Å². The Morgan fingerprint density at radius 3 is 1.37 bits per heavy atom. The van der Waals surface area contributed by atoms with Gasteiger partial charge in [0.1, 0.15) is 0 Å². The molecule has 0 aliphatic carbocycles. The number of hydrogen-bond acceptors (Lipinski definition) is 1. The van der Waals surface area contributed by atoms with Crippen LogP contribution in [0.2, 0.25) is 0 Å². The van der Waals surface area contributed by atoms with Crippen LogP contribution in [0.4, 0.5) is 0 Å². The minimum absolute atomic E-state index is 0.110. The first-order chi connectivity index (χ1) is 14.7. The van der Waals surface area contributed by atoms with Gasteiger partial charge in [0, 0.05) is 0 Å². The third-order valence-corrected chi connectivity index (χ3v) is 5.52. The van der Waals surface area contributed by atoms with Crippen LogP contribution in [-0.4, -0.2) is 5.78 Å². The molecule has 0 aliphatic rings. The average molecular weight is 403 g/mol. The summed E-state index contributed by atoms with van der Waals surface area (Å²) in [6, 6.07) is 20.7. The van der Waals surface area contributed by atoms with Crippen LogP contribution in [0.1, 0.15) is 89.2 Å². The van der Waals surface area contributed by atoms with Gasteiger partial charge in [-0.3, -0.25) is 4.79 Å². The average Bonchev–Trinajstić information content (AvgIpc) is 2.79. The van der Waals surface area contributed by atoms with Crippen molar-refractivity contribution in [1.29, 1.82) is 0 Å². The Kier molecular flexibility index (Phi) is 11.6. The predicted molar refractivity (Wildman–Crippen MR) is 131 cm³/mol. The monoisotopic (exact) mass is 402 g/mol. The van der Waals surface area contributed by atoms with E-state index in [9.17, 15) is 4.79 Å². The van der Waals surface area contributed by atoms with E-state index in [0.717, 1.165) is 36.8 Å². The highest BCUT2D eigenvalue weighted by atomic mass is 16.1. The van der Waals surface area contributed by atoms with Crippen LogP contribution in [0, 0.1) is 0 Å². The summed E-state index contributed by atoms with van der Waals surface area (Å²) in [5.41, 5.74) is 4.65. The van der Waals surface area contributed by atoms with Crippen molar-refractivity contribution in [2.45, 2.75) is 78.1 Å². The van der Waals surface area contributed by atoms with Crippen molar-refractivity contribution in [2.24, 2.45) is 0 Å². The van der Waals surface area contributed by atoms with Gasteiger partial charge in [-0.1, -0.05) is 113 Å². The van der Waals surface area contributed by atoms with Crippen LogP contribution in [-0.2, 0) is 4.79 Å². The van der Waals surface area contributed by atoms with Gasteiger partial charge >= 0.3 is 0 Å². The maximum Gasteiger partial charge on any atom is 0.179 e. The fourth-order valence-electron chi connectivity index (χ4n) is 3.77. The first-order valence-electron chi connectivity index (χ1n) is 11.8. The lowest BCUT2D eigenvalue weighted by Gasteiger charge is -2.09. The summed E-state index contributed by atoms with van der Waals surface area (Å²) in [5, 5.41) is 0. The number of benzene rings is 2. The molecule has 2 aromatic carbocycles. The van der Waals surface area contributed by atoms with Crippen LogP contribution < -0.4 is 0 Å². The number of carbonyl (C=O) groups excluding carboxylic acids is 1. The van der Waals surface area contributed by atoms with Crippen molar-refractivity contribution in [3.8, 4) is 0 Å². The molecule has 0 bridgehead atoms. The smallest absolute Gasteiger partial charge is 0.179 e. The number of unbranched alkanes of at least 4 members (excludes halogenated alkanes) is 6. The van der Waals surface area contributed by atoms with Crippen LogP contribution in [0.3, 0.4) is 0 Å². The van der Waals surface area contributed by atoms with Crippen LogP contribution in [0.5, 0.6) is 0 Å². The Bertz CT molecular complexity index is 716. The number of ketones is 1. The number of rotatable bonds is 14. The highest BCUT2D eigenvalue weighted by Gasteiger charge is 2.07. The molecular weight excluding hydrogens is 364 g/mol. The molecule has 0 saturated carbocycles. The topological polar surface area (TPSA) is 17.1 Å². The molecule has 0 aromatic heterocycles. The quantitative estimate of drug-likeness (QED) is 0.228. The van der Waals surface area contributed by atoms with E-state index in [1.807, 2.05) is 24.3 Å². The highest BCUT2D eigenvalue weighted by molar-refractivity contribution is 6.08. The minimum Gasteiger partial charge on any atom is -0.290 e. The van der Waals surface area contributed by atoms with Gasteiger partial charge in [-0.05, 0) is 60.1 Å².